The molecule has 0 heterocycles. The number of sulfonamides is 1. The van der Waals surface area contributed by atoms with E-state index >= 15 is 0 Å². The maximum Gasteiger partial charge on any atom is 0.339 e. The topological polar surface area (TPSA) is 116 Å². The Balaban J connectivity index is 3.14. The molecule has 0 fully saturated rings. The molecule has 0 aromatic heterocycles. The Labute approximate surface area is 116 Å². The molecule has 1 aromatic carbocycles. The van der Waals surface area contributed by atoms with Crippen LogP contribution in [0.2, 0.25) is 0 Å². The first-order chi connectivity index (χ1) is 9.23. The van der Waals surface area contributed by atoms with Crippen LogP contribution in [-0.4, -0.2) is 42.9 Å². The number of carbonyl (C=O) groups is 1. The van der Waals surface area contributed by atoms with E-state index in [4.69, 9.17) is 0 Å². The minimum absolute atomic E-state index is 0.197. The van der Waals surface area contributed by atoms with Crippen LogP contribution >= 0.6 is 0 Å². The van der Waals surface area contributed by atoms with Crippen molar-refractivity contribution in [2.24, 2.45) is 0 Å². The molecule has 0 unspecified atom stereocenters. The summed E-state index contributed by atoms with van der Waals surface area (Å²) in [6.45, 7) is 0. The monoisotopic (exact) mass is 323 g/mol. The van der Waals surface area contributed by atoms with Crippen molar-refractivity contribution in [3.8, 4) is 0 Å². The Morgan fingerprint density at radius 1 is 1.15 bits per heavy atom. The van der Waals surface area contributed by atoms with Gasteiger partial charge >= 0.3 is 5.97 Å². The van der Waals surface area contributed by atoms with Crippen LogP contribution in [0.3, 0.4) is 0 Å². The predicted octanol–water partition coefficient (Wildman–Crippen LogP) is -0.315. The molecule has 0 atom stereocenters. The lowest BCUT2D eigenvalue weighted by atomic mass is 10.2. The number of benzene rings is 1. The van der Waals surface area contributed by atoms with Crippen LogP contribution in [0.4, 0.5) is 0 Å². The van der Waals surface area contributed by atoms with Crippen molar-refractivity contribution in [3.05, 3.63) is 29.8 Å². The van der Waals surface area contributed by atoms with E-state index in [1.807, 2.05) is 4.72 Å². The summed E-state index contributed by atoms with van der Waals surface area (Å²) < 4.78 is 56.6. The average molecular weight is 323 g/mol. The summed E-state index contributed by atoms with van der Waals surface area (Å²) in [5.74, 6) is -1.79. The van der Waals surface area contributed by atoms with Gasteiger partial charge in [-0.3, -0.25) is 4.18 Å². The highest BCUT2D eigenvalue weighted by Crippen LogP contribution is 2.16. The van der Waals surface area contributed by atoms with Crippen molar-refractivity contribution in [1.82, 2.24) is 4.72 Å². The van der Waals surface area contributed by atoms with Gasteiger partial charge in [0.25, 0.3) is 10.1 Å². The van der Waals surface area contributed by atoms with Gasteiger partial charge in [-0.2, -0.15) is 13.1 Å². The minimum atomic E-state index is -4.20. The molecule has 1 rings (SSSR count). The van der Waals surface area contributed by atoms with Crippen molar-refractivity contribution < 1.29 is 30.6 Å². The maximum atomic E-state index is 12.0. The predicted molar refractivity (Wildman–Crippen MR) is 68.9 cm³/mol. The van der Waals surface area contributed by atoms with E-state index in [2.05, 4.69) is 8.92 Å². The molecule has 0 aliphatic heterocycles. The normalized spacial score (nSPS) is 12.1. The summed E-state index contributed by atoms with van der Waals surface area (Å²) in [6, 6.07) is 5.27. The van der Waals surface area contributed by atoms with E-state index in [9.17, 15) is 21.6 Å². The quantitative estimate of drug-likeness (QED) is 0.563. The Kier molecular flexibility index (Phi) is 5.22. The fourth-order valence-corrected chi connectivity index (χ4v) is 3.44. The van der Waals surface area contributed by atoms with Gasteiger partial charge < -0.3 is 4.74 Å². The Morgan fingerprint density at radius 2 is 1.75 bits per heavy atom. The van der Waals surface area contributed by atoms with Gasteiger partial charge in [0.05, 0.1) is 24.7 Å². The molecule has 10 heteroatoms. The summed E-state index contributed by atoms with van der Waals surface area (Å²) in [5.41, 5.74) is -0.197. The smallest absolute Gasteiger partial charge is 0.339 e. The second kappa shape index (κ2) is 6.31. The Bertz CT molecular complexity index is 694. The highest BCUT2D eigenvalue weighted by molar-refractivity contribution is 7.91. The van der Waals surface area contributed by atoms with E-state index in [0.29, 0.717) is 0 Å². The molecule has 1 aromatic rings. The number of esters is 1. The molecule has 0 saturated heterocycles. The first kappa shape index (κ1) is 16.6. The summed E-state index contributed by atoms with van der Waals surface area (Å²) in [6.07, 6.45) is 0. The average Bonchev–Trinajstić information content (AvgIpc) is 2.44. The molecule has 0 saturated carbocycles. The van der Waals surface area contributed by atoms with Crippen LogP contribution in [0.5, 0.6) is 0 Å². The third kappa shape index (κ3) is 4.00. The van der Waals surface area contributed by atoms with E-state index in [0.717, 1.165) is 20.3 Å². The molecule has 8 nitrogen and oxygen atoms in total. The van der Waals surface area contributed by atoms with Crippen molar-refractivity contribution in [3.63, 3.8) is 0 Å². The van der Waals surface area contributed by atoms with Gasteiger partial charge in [-0.25, -0.2) is 13.2 Å². The first-order valence-corrected chi connectivity index (χ1v) is 8.25. The number of methoxy groups -OCH3 is 1. The summed E-state index contributed by atoms with van der Waals surface area (Å²) in [5, 5.41) is 0. The van der Waals surface area contributed by atoms with Gasteiger partial charge in [-0.05, 0) is 12.1 Å². The molecule has 0 spiro atoms. The van der Waals surface area contributed by atoms with Gasteiger partial charge in [0, 0.05) is 0 Å². The van der Waals surface area contributed by atoms with Gasteiger partial charge in [0.2, 0.25) is 10.0 Å². The van der Waals surface area contributed by atoms with Crippen molar-refractivity contribution >= 4 is 26.1 Å². The van der Waals surface area contributed by atoms with Gasteiger partial charge in [0.15, 0.2) is 0 Å². The van der Waals surface area contributed by atoms with Crippen LogP contribution in [0.1, 0.15) is 10.4 Å². The molecule has 112 valence electrons. The van der Waals surface area contributed by atoms with E-state index in [-0.39, 0.29) is 10.5 Å². The third-order valence-electron chi connectivity index (χ3n) is 2.26. The highest BCUT2D eigenvalue weighted by Gasteiger charge is 2.24. The molecule has 1 N–H and O–H groups in total. The van der Waals surface area contributed by atoms with E-state index in [1.54, 1.807) is 0 Å². The van der Waals surface area contributed by atoms with Crippen LogP contribution < -0.4 is 4.72 Å². The van der Waals surface area contributed by atoms with Gasteiger partial charge in [-0.1, -0.05) is 12.1 Å². The zero-order valence-corrected chi connectivity index (χ0v) is 12.3. The number of hydrogen-bond donors (Lipinski definition) is 1. The molecule has 0 aliphatic rings. The van der Waals surface area contributed by atoms with E-state index in [1.165, 1.54) is 18.2 Å². The fraction of sp³-hybridized carbons (Fsp3) is 0.300. The molecular weight excluding hydrogens is 310 g/mol. The van der Waals surface area contributed by atoms with Crippen molar-refractivity contribution in [1.29, 1.82) is 0 Å². The number of hydrogen-bond acceptors (Lipinski definition) is 7. The second-order valence-corrected chi connectivity index (χ2v) is 6.98. The number of ether oxygens (including phenoxy) is 1. The second-order valence-electron chi connectivity index (χ2n) is 3.50. The number of rotatable bonds is 6. The molecule has 20 heavy (non-hydrogen) atoms. The fourth-order valence-electron chi connectivity index (χ4n) is 1.27. The largest absolute Gasteiger partial charge is 0.465 e. The van der Waals surface area contributed by atoms with E-state index < -0.39 is 32.0 Å². The summed E-state index contributed by atoms with van der Waals surface area (Å²) >= 11 is 0. The van der Waals surface area contributed by atoms with Crippen molar-refractivity contribution in [2.75, 3.05) is 20.1 Å². The lowest BCUT2D eigenvalue weighted by molar-refractivity contribution is 0.0596. The Morgan fingerprint density at radius 3 is 2.30 bits per heavy atom. The molecule has 0 radical (unpaired) electrons. The van der Waals surface area contributed by atoms with Gasteiger partial charge in [-0.15, -0.1) is 0 Å². The molecular formula is C10H13NO7S2. The van der Waals surface area contributed by atoms with Crippen LogP contribution in [-0.2, 0) is 29.1 Å². The lowest BCUT2D eigenvalue weighted by Gasteiger charge is -2.09. The first-order valence-electron chi connectivity index (χ1n) is 5.19. The standard InChI is InChI=1S/C10H13NO7S2/c1-17-10(12)8-5-3-4-6-9(8)20(15,16)11-7-19(13,14)18-2/h3-6,11H,7H2,1-2H3. The highest BCUT2D eigenvalue weighted by atomic mass is 32.2. The van der Waals surface area contributed by atoms with Crippen LogP contribution in [0.15, 0.2) is 29.2 Å². The van der Waals surface area contributed by atoms with Crippen LogP contribution in [0.25, 0.3) is 0 Å². The van der Waals surface area contributed by atoms with Crippen molar-refractivity contribution in [2.45, 2.75) is 4.90 Å². The molecule has 0 aliphatic carbocycles. The van der Waals surface area contributed by atoms with Gasteiger partial charge in [0.1, 0.15) is 5.88 Å². The minimum Gasteiger partial charge on any atom is -0.465 e. The van der Waals surface area contributed by atoms with Crippen LogP contribution in [0, 0.1) is 0 Å². The lowest BCUT2D eigenvalue weighted by Crippen LogP contribution is -2.31. The number of nitrogens with one attached hydrogen (secondary N) is 1. The third-order valence-corrected chi connectivity index (χ3v) is 4.91. The number of carbonyl (C=O) groups excluding carboxylic acids is 1. The summed E-state index contributed by atoms with van der Waals surface area (Å²) in [7, 11) is -6.19. The SMILES string of the molecule is COC(=O)c1ccccc1S(=O)(=O)NCS(=O)(=O)OC. The zero-order valence-electron chi connectivity index (χ0n) is 10.7. The molecule has 0 bridgehead atoms. The Hall–Kier alpha value is -1.49. The maximum absolute atomic E-state index is 12.0. The molecule has 0 amide bonds. The summed E-state index contributed by atoms with van der Waals surface area (Å²) in [4.78, 5) is 11.1. The zero-order chi connectivity index (χ0) is 15.4.